The lowest BCUT2D eigenvalue weighted by atomic mass is 10.1. The van der Waals surface area contributed by atoms with Crippen molar-refractivity contribution in [1.29, 1.82) is 0 Å². The first kappa shape index (κ1) is 26.8. The smallest absolute Gasteiger partial charge is 0.303 e. The summed E-state index contributed by atoms with van der Waals surface area (Å²) < 4.78 is 10.9. The first-order chi connectivity index (χ1) is 16.2. The quantitative estimate of drug-likeness (QED) is 0.244. The fraction of sp³-hybridized carbons (Fsp3) is 0.593. The molecule has 0 fully saturated rings. The molecule has 0 aliphatic rings. The number of carboxylic acid groups (broad SMARTS) is 1. The van der Waals surface area contributed by atoms with Crippen LogP contribution in [0.4, 0.5) is 0 Å². The van der Waals surface area contributed by atoms with Gasteiger partial charge in [-0.25, -0.2) is 9.97 Å². The molecule has 1 heterocycles. The molecule has 1 aromatic carbocycles. The lowest BCUT2D eigenvalue weighted by Gasteiger charge is -2.07. The minimum atomic E-state index is -0.690. The number of methoxy groups -OCH3 is 1. The molecule has 0 aliphatic heterocycles. The van der Waals surface area contributed by atoms with E-state index >= 15 is 0 Å². The van der Waals surface area contributed by atoms with Crippen LogP contribution in [-0.4, -0.2) is 41.4 Å². The lowest BCUT2D eigenvalue weighted by Crippen LogP contribution is -1.98. The maximum atomic E-state index is 10.5. The minimum Gasteiger partial charge on any atom is -0.494 e. The van der Waals surface area contributed by atoms with Crippen LogP contribution < -0.4 is 4.74 Å². The normalized spacial score (nSPS) is 10.9. The highest BCUT2D eigenvalue weighted by atomic mass is 16.5. The van der Waals surface area contributed by atoms with Crippen LogP contribution in [0.2, 0.25) is 0 Å². The van der Waals surface area contributed by atoms with E-state index in [1.165, 1.54) is 31.2 Å². The van der Waals surface area contributed by atoms with Gasteiger partial charge in [0.15, 0.2) is 5.82 Å². The molecule has 0 saturated heterocycles. The van der Waals surface area contributed by atoms with E-state index in [1.54, 1.807) is 7.11 Å². The van der Waals surface area contributed by atoms with E-state index in [1.807, 2.05) is 36.7 Å². The van der Waals surface area contributed by atoms with Gasteiger partial charge < -0.3 is 14.6 Å². The Morgan fingerprint density at radius 3 is 2.00 bits per heavy atom. The minimum absolute atomic E-state index is 0.296. The number of aromatic nitrogens is 2. The second-order valence-corrected chi connectivity index (χ2v) is 8.56. The molecule has 0 spiro atoms. The van der Waals surface area contributed by atoms with Crippen molar-refractivity contribution in [1.82, 2.24) is 9.97 Å². The number of aliphatic carboxylic acids is 1. The van der Waals surface area contributed by atoms with Crippen molar-refractivity contribution in [3.05, 3.63) is 42.2 Å². The summed E-state index contributed by atoms with van der Waals surface area (Å²) in [5.41, 5.74) is 2.17. The fourth-order valence-electron chi connectivity index (χ4n) is 3.71. The summed E-state index contributed by atoms with van der Waals surface area (Å²) in [6.45, 7) is 1.58. The van der Waals surface area contributed by atoms with Crippen molar-refractivity contribution in [2.24, 2.45) is 0 Å². The third-order valence-corrected chi connectivity index (χ3v) is 5.69. The molecule has 0 unspecified atom stereocenters. The number of aryl methyl sites for hydroxylation is 1. The molecule has 0 bridgehead atoms. The third kappa shape index (κ3) is 12.4. The van der Waals surface area contributed by atoms with Crippen molar-refractivity contribution in [2.75, 3.05) is 20.3 Å². The van der Waals surface area contributed by atoms with Gasteiger partial charge in [-0.15, -0.1) is 0 Å². The van der Waals surface area contributed by atoms with E-state index in [4.69, 9.17) is 14.6 Å². The summed E-state index contributed by atoms with van der Waals surface area (Å²) in [4.78, 5) is 19.6. The van der Waals surface area contributed by atoms with Crippen LogP contribution in [0.1, 0.15) is 82.6 Å². The molecular formula is C27H40N2O4. The van der Waals surface area contributed by atoms with Gasteiger partial charge >= 0.3 is 5.97 Å². The van der Waals surface area contributed by atoms with E-state index in [2.05, 4.69) is 9.97 Å². The number of ether oxygens (including phenoxy) is 2. The van der Waals surface area contributed by atoms with Gasteiger partial charge in [-0.3, -0.25) is 4.79 Å². The van der Waals surface area contributed by atoms with Crippen LogP contribution in [0.5, 0.6) is 5.75 Å². The number of hydrogen-bond donors (Lipinski definition) is 1. The van der Waals surface area contributed by atoms with Crippen LogP contribution in [0.3, 0.4) is 0 Å². The van der Waals surface area contributed by atoms with E-state index in [0.717, 1.165) is 81.7 Å². The molecule has 2 rings (SSSR count). The number of unbranched alkanes of at least 4 members (excludes halogenated alkanes) is 9. The van der Waals surface area contributed by atoms with Gasteiger partial charge in [0.2, 0.25) is 0 Å². The van der Waals surface area contributed by atoms with E-state index in [0.29, 0.717) is 6.42 Å². The third-order valence-electron chi connectivity index (χ3n) is 5.69. The predicted molar refractivity (Wildman–Crippen MR) is 132 cm³/mol. The monoisotopic (exact) mass is 456 g/mol. The predicted octanol–water partition coefficient (Wildman–Crippen LogP) is 6.48. The average molecular weight is 457 g/mol. The number of rotatable bonds is 19. The van der Waals surface area contributed by atoms with Crippen molar-refractivity contribution in [3.63, 3.8) is 0 Å². The highest BCUT2D eigenvalue weighted by molar-refractivity contribution is 5.66. The molecule has 0 amide bonds. The standard InChI is InChI=1S/C27H40N2O4/c1-32-19-11-7-8-12-20-33-25-17-15-24(16-18-25)27-28-21-23(22-29-27)13-9-5-3-2-4-6-10-14-26(30)31/h15-18,21-22H,2-14,19-20H2,1H3,(H,30,31). The zero-order valence-electron chi connectivity index (χ0n) is 20.1. The Bertz CT molecular complexity index is 763. The number of carbonyl (C=O) groups is 1. The maximum absolute atomic E-state index is 10.5. The summed E-state index contributed by atoms with van der Waals surface area (Å²) in [7, 11) is 1.74. The van der Waals surface area contributed by atoms with Crippen molar-refractivity contribution in [2.45, 2.75) is 83.5 Å². The Hall–Kier alpha value is -2.47. The summed E-state index contributed by atoms with van der Waals surface area (Å²) in [5.74, 6) is 0.934. The number of benzene rings is 1. The molecule has 33 heavy (non-hydrogen) atoms. The molecule has 0 saturated carbocycles. The van der Waals surface area contributed by atoms with Gasteiger partial charge in [-0.2, -0.15) is 0 Å². The summed E-state index contributed by atoms with van der Waals surface area (Å²) in [5, 5.41) is 8.63. The molecule has 6 heteroatoms. The van der Waals surface area contributed by atoms with Gasteiger partial charge in [-0.05, 0) is 68.4 Å². The number of nitrogens with zero attached hydrogens (tertiary/aromatic N) is 2. The topological polar surface area (TPSA) is 81.5 Å². The van der Waals surface area contributed by atoms with Crippen LogP contribution >= 0.6 is 0 Å². The zero-order chi connectivity index (χ0) is 23.6. The van der Waals surface area contributed by atoms with E-state index in [9.17, 15) is 4.79 Å². The second kappa shape index (κ2) is 17.1. The van der Waals surface area contributed by atoms with E-state index in [-0.39, 0.29) is 0 Å². The SMILES string of the molecule is COCCCCCCOc1ccc(-c2ncc(CCCCCCCCCC(=O)O)cn2)cc1. The van der Waals surface area contributed by atoms with Crippen LogP contribution in [0, 0.1) is 0 Å². The van der Waals surface area contributed by atoms with Gasteiger partial charge in [-0.1, -0.05) is 38.5 Å². The molecule has 0 aliphatic carbocycles. The second-order valence-electron chi connectivity index (χ2n) is 8.56. The molecule has 1 N–H and O–H groups in total. The highest BCUT2D eigenvalue weighted by Crippen LogP contribution is 2.20. The van der Waals surface area contributed by atoms with Crippen LogP contribution in [0.25, 0.3) is 11.4 Å². The van der Waals surface area contributed by atoms with Crippen LogP contribution in [0.15, 0.2) is 36.7 Å². The van der Waals surface area contributed by atoms with Gasteiger partial charge in [0, 0.05) is 38.1 Å². The Morgan fingerprint density at radius 1 is 0.788 bits per heavy atom. The van der Waals surface area contributed by atoms with Gasteiger partial charge in [0.25, 0.3) is 0 Å². The first-order valence-electron chi connectivity index (χ1n) is 12.4. The molecule has 2 aromatic rings. The van der Waals surface area contributed by atoms with Gasteiger partial charge in [0.05, 0.1) is 6.61 Å². The summed E-state index contributed by atoms with van der Waals surface area (Å²) in [6, 6.07) is 8.00. The maximum Gasteiger partial charge on any atom is 0.303 e. The molecule has 182 valence electrons. The molecule has 0 radical (unpaired) electrons. The summed E-state index contributed by atoms with van der Waals surface area (Å²) in [6.07, 6.45) is 17.3. The summed E-state index contributed by atoms with van der Waals surface area (Å²) >= 11 is 0. The molecule has 1 aromatic heterocycles. The lowest BCUT2D eigenvalue weighted by molar-refractivity contribution is -0.137. The fourth-order valence-corrected chi connectivity index (χ4v) is 3.71. The average Bonchev–Trinajstić information content (AvgIpc) is 2.83. The zero-order valence-corrected chi connectivity index (χ0v) is 20.1. The molecule has 6 nitrogen and oxygen atoms in total. The number of carboxylic acids is 1. The van der Waals surface area contributed by atoms with Crippen molar-refractivity contribution in [3.8, 4) is 17.1 Å². The molecule has 0 atom stereocenters. The Kier molecular flexibility index (Phi) is 13.8. The number of hydrogen-bond acceptors (Lipinski definition) is 5. The van der Waals surface area contributed by atoms with Crippen molar-refractivity contribution >= 4 is 5.97 Å². The first-order valence-corrected chi connectivity index (χ1v) is 12.4. The molecular weight excluding hydrogens is 416 g/mol. The highest BCUT2D eigenvalue weighted by Gasteiger charge is 2.03. The Morgan fingerprint density at radius 2 is 1.36 bits per heavy atom. The largest absolute Gasteiger partial charge is 0.494 e. The van der Waals surface area contributed by atoms with Gasteiger partial charge in [0.1, 0.15) is 5.75 Å². The Labute approximate surface area is 198 Å². The Balaban J connectivity index is 1.59. The van der Waals surface area contributed by atoms with Crippen molar-refractivity contribution < 1.29 is 19.4 Å². The van der Waals surface area contributed by atoms with Crippen LogP contribution in [-0.2, 0) is 16.0 Å². The van der Waals surface area contributed by atoms with E-state index < -0.39 is 5.97 Å².